The fraction of sp³-hybridized carbons (Fsp3) is 0.941. The first kappa shape index (κ1) is 16.8. The highest BCUT2D eigenvalue weighted by Crippen LogP contribution is 2.36. The van der Waals surface area contributed by atoms with Crippen molar-refractivity contribution in [3.05, 3.63) is 0 Å². The van der Waals surface area contributed by atoms with Gasteiger partial charge in [-0.3, -0.25) is 4.79 Å². The summed E-state index contributed by atoms with van der Waals surface area (Å²) in [4.78, 5) is 14.4. The smallest absolute Gasteiger partial charge is 0.323 e. The first-order valence-electron chi connectivity index (χ1n) is 8.61. The molecule has 0 bridgehead atoms. The van der Waals surface area contributed by atoms with Crippen molar-refractivity contribution in [2.75, 3.05) is 19.6 Å². The van der Waals surface area contributed by atoms with Gasteiger partial charge in [-0.05, 0) is 70.0 Å². The fourth-order valence-corrected chi connectivity index (χ4v) is 3.85. The maximum absolute atomic E-state index is 11.8. The zero-order chi connectivity index (χ0) is 15.5. The molecule has 122 valence electrons. The molecule has 1 saturated carbocycles. The molecule has 4 heteroatoms. The Morgan fingerprint density at radius 1 is 1.29 bits per heavy atom. The quantitative estimate of drug-likeness (QED) is 0.819. The van der Waals surface area contributed by atoms with Crippen molar-refractivity contribution >= 4 is 5.97 Å². The minimum absolute atomic E-state index is 0.440. The van der Waals surface area contributed by atoms with E-state index in [0.717, 1.165) is 51.7 Å². The standard InChI is InChI=1S/C17H32N2O2/c1-4-10-18-17(15(20)21)7-5-6-14(13-17)19-11-8-16(2,3)9-12-19/h14,18H,4-13H2,1-3H3,(H,20,21). The molecular weight excluding hydrogens is 264 g/mol. The van der Waals surface area contributed by atoms with Gasteiger partial charge in [0.2, 0.25) is 0 Å². The topological polar surface area (TPSA) is 52.6 Å². The van der Waals surface area contributed by atoms with Crippen molar-refractivity contribution in [3.63, 3.8) is 0 Å². The van der Waals surface area contributed by atoms with Gasteiger partial charge in [0, 0.05) is 6.04 Å². The summed E-state index contributed by atoms with van der Waals surface area (Å²) >= 11 is 0. The third-order valence-electron chi connectivity index (χ3n) is 5.52. The predicted octanol–water partition coefficient (Wildman–Crippen LogP) is 2.87. The summed E-state index contributed by atoms with van der Waals surface area (Å²) in [5, 5.41) is 13.1. The van der Waals surface area contributed by atoms with Crippen LogP contribution in [0.25, 0.3) is 0 Å². The molecule has 2 fully saturated rings. The molecule has 2 unspecified atom stereocenters. The number of carbonyl (C=O) groups is 1. The molecule has 21 heavy (non-hydrogen) atoms. The molecule has 2 aliphatic rings. The van der Waals surface area contributed by atoms with E-state index < -0.39 is 11.5 Å². The molecule has 1 aliphatic heterocycles. The monoisotopic (exact) mass is 296 g/mol. The van der Waals surface area contributed by atoms with E-state index in [4.69, 9.17) is 0 Å². The molecule has 0 aromatic heterocycles. The zero-order valence-corrected chi connectivity index (χ0v) is 14.0. The average Bonchev–Trinajstić information content (AvgIpc) is 2.45. The Morgan fingerprint density at radius 3 is 2.52 bits per heavy atom. The molecule has 0 radical (unpaired) electrons. The van der Waals surface area contributed by atoms with Gasteiger partial charge in [-0.1, -0.05) is 20.8 Å². The number of rotatable bonds is 5. The Labute approximate surface area is 129 Å². The lowest BCUT2D eigenvalue weighted by Gasteiger charge is -2.46. The van der Waals surface area contributed by atoms with Gasteiger partial charge in [-0.25, -0.2) is 0 Å². The molecule has 4 nitrogen and oxygen atoms in total. The lowest BCUT2D eigenvalue weighted by molar-refractivity contribution is -0.147. The Hall–Kier alpha value is -0.610. The van der Waals surface area contributed by atoms with Gasteiger partial charge >= 0.3 is 5.97 Å². The second-order valence-corrected chi connectivity index (χ2v) is 7.76. The van der Waals surface area contributed by atoms with E-state index in [-0.39, 0.29) is 0 Å². The lowest BCUT2D eigenvalue weighted by Crippen LogP contribution is -2.59. The van der Waals surface area contributed by atoms with E-state index in [0.29, 0.717) is 11.5 Å². The van der Waals surface area contributed by atoms with E-state index >= 15 is 0 Å². The van der Waals surface area contributed by atoms with Gasteiger partial charge in [-0.2, -0.15) is 0 Å². The van der Waals surface area contributed by atoms with Crippen LogP contribution in [0.15, 0.2) is 0 Å². The Morgan fingerprint density at radius 2 is 1.95 bits per heavy atom. The maximum atomic E-state index is 11.8. The highest BCUT2D eigenvalue weighted by atomic mass is 16.4. The third-order valence-corrected chi connectivity index (χ3v) is 5.52. The first-order valence-corrected chi connectivity index (χ1v) is 8.61. The molecule has 2 rings (SSSR count). The van der Waals surface area contributed by atoms with E-state index in [9.17, 15) is 9.90 Å². The Bertz CT molecular complexity index is 360. The number of carboxylic acids is 1. The van der Waals surface area contributed by atoms with Crippen LogP contribution in [-0.4, -0.2) is 47.2 Å². The summed E-state index contributed by atoms with van der Waals surface area (Å²) < 4.78 is 0. The Balaban J connectivity index is 2.00. The van der Waals surface area contributed by atoms with Crippen LogP contribution >= 0.6 is 0 Å². The highest BCUT2D eigenvalue weighted by Gasteiger charge is 2.44. The summed E-state index contributed by atoms with van der Waals surface area (Å²) in [5.41, 5.74) is -0.235. The van der Waals surface area contributed by atoms with Crippen molar-refractivity contribution in [2.24, 2.45) is 5.41 Å². The normalized spacial score (nSPS) is 33.8. The summed E-state index contributed by atoms with van der Waals surface area (Å²) in [6, 6.07) is 0.440. The SMILES string of the molecule is CCCNC1(C(=O)O)CCCC(N2CCC(C)(C)CC2)C1. The second kappa shape index (κ2) is 6.66. The predicted molar refractivity (Wildman–Crippen MR) is 85.5 cm³/mol. The van der Waals surface area contributed by atoms with Crippen molar-refractivity contribution in [1.82, 2.24) is 10.2 Å². The van der Waals surface area contributed by atoms with Gasteiger partial charge in [-0.15, -0.1) is 0 Å². The van der Waals surface area contributed by atoms with Crippen LogP contribution in [0.2, 0.25) is 0 Å². The molecule has 0 spiro atoms. The van der Waals surface area contributed by atoms with E-state index in [1.807, 2.05) is 0 Å². The Kier molecular flexibility index (Phi) is 5.31. The number of carboxylic acid groups (broad SMARTS) is 1. The van der Waals surface area contributed by atoms with Crippen LogP contribution in [-0.2, 0) is 4.79 Å². The molecule has 2 atom stereocenters. The van der Waals surface area contributed by atoms with Crippen LogP contribution in [0, 0.1) is 5.41 Å². The summed E-state index contributed by atoms with van der Waals surface area (Å²) in [5.74, 6) is -0.655. The number of aliphatic carboxylic acids is 1. The van der Waals surface area contributed by atoms with Gasteiger partial charge in [0.15, 0.2) is 0 Å². The second-order valence-electron chi connectivity index (χ2n) is 7.76. The molecular formula is C17H32N2O2. The van der Waals surface area contributed by atoms with Crippen LogP contribution < -0.4 is 5.32 Å². The molecule has 1 heterocycles. The number of nitrogens with zero attached hydrogens (tertiary/aromatic N) is 1. The van der Waals surface area contributed by atoms with Crippen molar-refractivity contribution in [3.8, 4) is 0 Å². The summed E-state index contributed by atoms with van der Waals surface area (Å²) in [6.07, 6.45) is 7.16. The fourth-order valence-electron chi connectivity index (χ4n) is 3.85. The van der Waals surface area contributed by atoms with Crippen molar-refractivity contribution < 1.29 is 9.90 Å². The van der Waals surface area contributed by atoms with Gasteiger partial charge < -0.3 is 15.3 Å². The minimum Gasteiger partial charge on any atom is -0.480 e. The van der Waals surface area contributed by atoms with Gasteiger partial charge in [0.1, 0.15) is 5.54 Å². The van der Waals surface area contributed by atoms with E-state index in [1.165, 1.54) is 12.8 Å². The van der Waals surface area contributed by atoms with Crippen LogP contribution in [0.3, 0.4) is 0 Å². The number of hydrogen-bond donors (Lipinski definition) is 2. The number of hydrogen-bond acceptors (Lipinski definition) is 3. The molecule has 1 aliphatic carbocycles. The molecule has 0 amide bonds. The third kappa shape index (κ3) is 3.98. The van der Waals surface area contributed by atoms with Crippen molar-refractivity contribution in [1.29, 1.82) is 0 Å². The molecule has 0 aromatic carbocycles. The summed E-state index contributed by atoms with van der Waals surface area (Å²) in [6.45, 7) is 9.83. The minimum atomic E-state index is -0.689. The largest absolute Gasteiger partial charge is 0.480 e. The van der Waals surface area contributed by atoms with Crippen LogP contribution in [0.1, 0.15) is 65.7 Å². The average molecular weight is 296 g/mol. The number of piperidine rings is 1. The van der Waals surface area contributed by atoms with Crippen molar-refractivity contribution in [2.45, 2.75) is 77.3 Å². The zero-order valence-electron chi connectivity index (χ0n) is 14.0. The molecule has 1 saturated heterocycles. The number of nitrogens with one attached hydrogen (secondary N) is 1. The molecule has 2 N–H and O–H groups in total. The van der Waals surface area contributed by atoms with E-state index in [1.54, 1.807) is 0 Å². The molecule has 0 aromatic rings. The van der Waals surface area contributed by atoms with E-state index in [2.05, 4.69) is 31.0 Å². The maximum Gasteiger partial charge on any atom is 0.323 e. The van der Waals surface area contributed by atoms with Gasteiger partial charge in [0.25, 0.3) is 0 Å². The van der Waals surface area contributed by atoms with Crippen LogP contribution in [0.4, 0.5) is 0 Å². The lowest BCUT2D eigenvalue weighted by atomic mass is 9.76. The van der Waals surface area contributed by atoms with Gasteiger partial charge in [0.05, 0.1) is 0 Å². The first-order chi connectivity index (χ1) is 9.88. The number of likely N-dealkylation sites (tertiary alicyclic amines) is 1. The highest BCUT2D eigenvalue weighted by molar-refractivity contribution is 5.79. The van der Waals surface area contributed by atoms with Crippen LogP contribution in [0.5, 0.6) is 0 Å². The summed E-state index contributed by atoms with van der Waals surface area (Å²) in [7, 11) is 0.